The number of aryl methyl sites for hydroxylation is 1. The number of carbonyl (C=O) groups excluding carboxylic acids is 1. The lowest BCUT2D eigenvalue weighted by molar-refractivity contribution is -0.118. The lowest BCUT2D eigenvalue weighted by Crippen LogP contribution is -2.32. The van der Waals surface area contributed by atoms with Crippen molar-refractivity contribution >= 4 is 17.3 Å². The van der Waals surface area contributed by atoms with Crippen LogP contribution in [0.4, 0.5) is 5.69 Å². The van der Waals surface area contributed by atoms with E-state index in [1.807, 2.05) is 61.5 Å². The van der Waals surface area contributed by atoms with Crippen LogP contribution in [0.15, 0.2) is 59.7 Å². The van der Waals surface area contributed by atoms with Crippen LogP contribution in [0.3, 0.4) is 0 Å². The molecule has 0 aromatic heterocycles. The van der Waals surface area contributed by atoms with Crippen molar-refractivity contribution in [3.8, 4) is 0 Å². The van der Waals surface area contributed by atoms with Gasteiger partial charge in [0.05, 0.1) is 11.4 Å². The van der Waals surface area contributed by atoms with Gasteiger partial charge in [-0.2, -0.15) is 5.10 Å². The van der Waals surface area contributed by atoms with Crippen molar-refractivity contribution in [3.63, 3.8) is 0 Å². The predicted molar refractivity (Wildman–Crippen MR) is 80.9 cm³/mol. The van der Waals surface area contributed by atoms with Gasteiger partial charge in [0.15, 0.2) is 0 Å². The van der Waals surface area contributed by atoms with Gasteiger partial charge in [-0.3, -0.25) is 4.79 Å². The minimum atomic E-state index is 0.0546. The van der Waals surface area contributed by atoms with Crippen molar-refractivity contribution in [2.75, 3.05) is 5.01 Å². The van der Waals surface area contributed by atoms with Gasteiger partial charge in [-0.15, -0.1) is 0 Å². The molecule has 2 aromatic carbocycles. The van der Waals surface area contributed by atoms with Crippen LogP contribution in [0, 0.1) is 6.92 Å². The quantitative estimate of drug-likeness (QED) is 0.816. The summed E-state index contributed by atoms with van der Waals surface area (Å²) in [6.07, 6.45) is 1.20. The first-order valence-electron chi connectivity index (χ1n) is 6.77. The van der Waals surface area contributed by atoms with E-state index in [1.54, 1.807) is 5.01 Å². The maximum absolute atomic E-state index is 12.1. The Morgan fingerprint density at radius 2 is 1.65 bits per heavy atom. The zero-order valence-corrected chi connectivity index (χ0v) is 11.4. The molecular weight excluding hydrogens is 248 g/mol. The van der Waals surface area contributed by atoms with Crippen LogP contribution < -0.4 is 5.01 Å². The van der Waals surface area contributed by atoms with E-state index in [-0.39, 0.29) is 5.91 Å². The molecule has 3 rings (SSSR count). The molecule has 0 saturated heterocycles. The number of amides is 1. The summed E-state index contributed by atoms with van der Waals surface area (Å²) in [5.74, 6) is 0.0546. The van der Waals surface area contributed by atoms with Crippen LogP contribution in [0.5, 0.6) is 0 Å². The Morgan fingerprint density at radius 1 is 0.950 bits per heavy atom. The van der Waals surface area contributed by atoms with Crippen LogP contribution in [-0.4, -0.2) is 11.6 Å². The number of carbonyl (C=O) groups is 1. The van der Waals surface area contributed by atoms with Gasteiger partial charge in [-0.05, 0) is 24.1 Å². The van der Waals surface area contributed by atoms with Gasteiger partial charge in [-0.25, -0.2) is 5.01 Å². The summed E-state index contributed by atoms with van der Waals surface area (Å²) < 4.78 is 0. The fraction of sp³-hybridized carbons (Fsp3) is 0.176. The monoisotopic (exact) mass is 264 g/mol. The molecule has 1 aliphatic heterocycles. The topological polar surface area (TPSA) is 32.7 Å². The zero-order chi connectivity index (χ0) is 13.9. The summed E-state index contributed by atoms with van der Waals surface area (Å²) in [7, 11) is 0. The number of hydrogen-bond acceptors (Lipinski definition) is 2. The fourth-order valence-electron chi connectivity index (χ4n) is 2.38. The molecular formula is C17H16N2O. The molecule has 1 aliphatic rings. The zero-order valence-electron chi connectivity index (χ0n) is 11.4. The molecule has 3 nitrogen and oxygen atoms in total. The van der Waals surface area contributed by atoms with E-state index in [2.05, 4.69) is 5.10 Å². The molecule has 0 spiro atoms. The molecule has 2 aromatic rings. The highest BCUT2D eigenvalue weighted by Gasteiger charge is 2.23. The Kier molecular flexibility index (Phi) is 3.33. The van der Waals surface area contributed by atoms with Gasteiger partial charge in [-0.1, -0.05) is 48.5 Å². The fourth-order valence-corrected chi connectivity index (χ4v) is 2.38. The van der Waals surface area contributed by atoms with Crippen LogP contribution >= 0.6 is 0 Å². The second-order valence-corrected chi connectivity index (χ2v) is 4.90. The Labute approximate surface area is 118 Å². The van der Waals surface area contributed by atoms with Gasteiger partial charge >= 0.3 is 0 Å². The molecule has 0 bridgehead atoms. The average molecular weight is 264 g/mol. The normalized spacial score (nSPS) is 15.2. The molecule has 0 atom stereocenters. The lowest BCUT2D eigenvalue weighted by atomic mass is 10.0. The maximum atomic E-state index is 12.1. The highest BCUT2D eigenvalue weighted by Crippen LogP contribution is 2.25. The van der Waals surface area contributed by atoms with E-state index in [0.29, 0.717) is 12.8 Å². The van der Waals surface area contributed by atoms with Crippen molar-refractivity contribution < 1.29 is 4.79 Å². The number of hydrazone groups is 1. The molecule has 1 heterocycles. The number of hydrogen-bond donors (Lipinski definition) is 0. The van der Waals surface area contributed by atoms with Crippen molar-refractivity contribution in [1.82, 2.24) is 0 Å². The number of benzene rings is 2. The van der Waals surface area contributed by atoms with Crippen molar-refractivity contribution in [2.24, 2.45) is 5.10 Å². The highest BCUT2D eigenvalue weighted by molar-refractivity contribution is 6.08. The van der Waals surface area contributed by atoms with Gasteiger partial charge in [0, 0.05) is 12.8 Å². The predicted octanol–water partition coefficient (Wildman–Crippen LogP) is 3.53. The van der Waals surface area contributed by atoms with Gasteiger partial charge in [0.2, 0.25) is 5.91 Å². The van der Waals surface area contributed by atoms with E-state index < -0.39 is 0 Å². The van der Waals surface area contributed by atoms with E-state index in [9.17, 15) is 4.79 Å². The molecule has 3 heteroatoms. The van der Waals surface area contributed by atoms with Crippen molar-refractivity contribution in [3.05, 3.63) is 65.7 Å². The van der Waals surface area contributed by atoms with Crippen LogP contribution in [-0.2, 0) is 4.79 Å². The largest absolute Gasteiger partial charge is 0.273 e. The number of para-hydroxylation sites is 1. The first kappa shape index (κ1) is 12.6. The molecule has 0 radical (unpaired) electrons. The molecule has 100 valence electrons. The lowest BCUT2D eigenvalue weighted by Gasteiger charge is -2.25. The number of rotatable bonds is 2. The third-order valence-electron chi connectivity index (χ3n) is 3.48. The Hall–Kier alpha value is -2.42. The van der Waals surface area contributed by atoms with E-state index in [1.165, 1.54) is 0 Å². The highest BCUT2D eigenvalue weighted by atomic mass is 16.2. The summed E-state index contributed by atoms with van der Waals surface area (Å²) in [4.78, 5) is 12.1. The van der Waals surface area contributed by atoms with Crippen molar-refractivity contribution in [1.29, 1.82) is 0 Å². The molecule has 20 heavy (non-hydrogen) atoms. The second kappa shape index (κ2) is 5.29. The molecule has 0 unspecified atom stereocenters. The molecule has 0 aliphatic carbocycles. The van der Waals surface area contributed by atoms with Gasteiger partial charge in [0.1, 0.15) is 0 Å². The smallest absolute Gasteiger partial charge is 0.247 e. The average Bonchev–Trinajstić information content (AvgIpc) is 2.49. The second-order valence-electron chi connectivity index (χ2n) is 4.90. The SMILES string of the molecule is Cc1ccccc1N1N=C(c2ccccc2)CCC1=O. The summed E-state index contributed by atoms with van der Waals surface area (Å²) in [5, 5.41) is 6.11. The summed E-state index contributed by atoms with van der Waals surface area (Å²) in [6.45, 7) is 1.99. The third kappa shape index (κ3) is 2.35. The Balaban J connectivity index is 2.02. The van der Waals surface area contributed by atoms with Crippen LogP contribution in [0.2, 0.25) is 0 Å². The number of nitrogens with zero attached hydrogens (tertiary/aromatic N) is 2. The third-order valence-corrected chi connectivity index (χ3v) is 3.48. The molecule has 0 saturated carbocycles. The summed E-state index contributed by atoms with van der Waals surface area (Å²) in [6, 6.07) is 17.9. The van der Waals surface area contributed by atoms with E-state index in [4.69, 9.17) is 0 Å². The number of anilines is 1. The minimum absolute atomic E-state index is 0.0546. The van der Waals surface area contributed by atoms with Crippen LogP contribution in [0.25, 0.3) is 0 Å². The van der Waals surface area contributed by atoms with Gasteiger partial charge < -0.3 is 0 Å². The Bertz CT molecular complexity index is 662. The first-order chi connectivity index (χ1) is 9.75. The van der Waals surface area contributed by atoms with E-state index >= 15 is 0 Å². The molecule has 0 N–H and O–H groups in total. The minimum Gasteiger partial charge on any atom is -0.273 e. The Morgan fingerprint density at radius 3 is 2.40 bits per heavy atom. The first-order valence-corrected chi connectivity index (χ1v) is 6.77. The molecule has 1 amide bonds. The van der Waals surface area contributed by atoms with E-state index in [0.717, 1.165) is 22.5 Å². The summed E-state index contributed by atoms with van der Waals surface area (Å²) >= 11 is 0. The summed E-state index contributed by atoms with van der Waals surface area (Å²) in [5.41, 5.74) is 3.97. The standard InChI is InChI=1S/C17H16N2O/c1-13-7-5-6-10-16(13)19-17(20)12-11-15(18-19)14-8-3-2-4-9-14/h2-10H,11-12H2,1H3. The van der Waals surface area contributed by atoms with Gasteiger partial charge in [0.25, 0.3) is 0 Å². The maximum Gasteiger partial charge on any atom is 0.247 e. The van der Waals surface area contributed by atoms with Crippen molar-refractivity contribution in [2.45, 2.75) is 19.8 Å². The van der Waals surface area contributed by atoms with Crippen LogP contribution in [0.1, 0.15) is 24.0 Å². The molecule has 0 fully saturated rings.